The maximum Gasteiger partial charge on any atom is 0.183 e. The minimum Gasteiger partial charge on any atom is -0.494 e. The average Bonchev–Trinajstić information content (AvgIpc) is 2.80. The van der Waals surface area contributed by atoms with Gasteiger partial charge in [-0.1, -0.05) is 12.1 Å². The zero-order chi connectivity index (χ0) is 13.3. The Morgan fingerprint density at radius 3 is 2.80 bits per heavy atom. The second-order valence-electron chi connectivity index (χ2n) is 5.01. The van der Waals surface area contributed by atoms with Crippen molar-refractivity contribution in [2.45, 2.75) is 25.5 Å². The molecule has 4 nitrogen and oxygen atoms in total. The van der Waals surface area contributed by atoms with Gasteiger partial charge in [-0.3, -0.25) is 0 Å². The second-order valence-corrected chi connectivity index (χ2v) is 5.01. The van der Waals surface area contributed by atoms with E-state index in [0.29, 0.717) is 13.2 Å². The highest BCUT2D eigenvalue weighted by atomic mass is 35.5. The molecule has 110 valence electrons. The van der Waals surface area contributed by atoms with Gasteiger partial charge < -0.3 is 20.1 Å². The molecule has 1 fully saturated rings. The largest absolute Gasteiger partial charge is 0.494 e. The third-order valence-electron chi connectivity index (χ3n) is 3.80. The Morgan fingerprint density at radius 1 is 1.35 bits per heavy atom. The van der Waals surface area contributed by atoms with Gasteiger partial charge in [0.05, 0.1) is 19.0 Å². The van der Waals surface area contributed by atoms with Crippen molar-refractivity contribution in [3.05, 3.63) is 41.7 Å². The molecule has 1 aromatic rings. The molecule has 2 heterocycles. The van der Waals surface area contributed by atoms with Crippen LogP contribution in [0.3, 0.4) is 0 Å². The summed E-state index contributed by atoms with van der Waals surface area (Å²) in [7, 11) is 0. The van der Waals surface area contributed by atoms with Crippen LogP contribution < -0.4 is 10.1 Å². The zero-order valence-electron chi connectivity index (χ0n) is 11.6. The van der Waals surface area contributed by atoms with E-state index in [1.807, 2.05) is 31.2 Å². The first kappa shape index (κ1) is 15.0. The summed E-state index contributed by atoms with van der Waals surface area (Å²) in [5.41, 5.74) is -0.0227. The molecule has 1 saturated heterocycles. The van der Waals surface area contributed by atoms with E-state index in [2.05, 4.69) is 16.3 Å². The second kappa shape index (κ2) is 5.94. The molecule has 0 amide bonds. The van der Waals surface area contributed by atoms with Crippen LogP contribution in [0.1, 0.15) is 25.3 Å². The number of hydrogen-bond donors (Lipinski definition) is 2. The Hall–Kier alpha value is -1.39. The van der Waals surface area contributed by atoms with E-state index in [-0.39, 0.29) is 12.4 Å². The molecule has 0 spiro atoms. The molecule has 20 heavy (non-hydrogen) atoms. The first-order valence-corrected chi connectivity index (χ1v) is 6.91. The third kappa shape index (κ3) is 2.45. The molecule has 5 heteroatoms. The number of rotatable bonds is 3. The fraction of sp³-hybridized carbons (Fsp3) is 0.467. The topological polar surface area (TPSA) is 44.7 Å². The van der Waals surface area contributed by atoms with Crippen molar-refractivity contribution in [3.63, 3.8) is 0 Å². The van der Waals surface area contributed by atoms with E-state index in [1.165, 1.54) is 0 Å². The van der Waals surface area contributed by atoms with Crippen LogP contribution in [0.5, 0.6) is 5.75 Å². The van der Waals surface area contributed by atoms with E-state index in [0.717, 1.165) is 36.5 Å². The number of ether oxygens (including phenoxy) is 1. The normalized spacial score (nSPS) is 24.3. The molecule has 1 atom stereocenters. The molecule has 0 bridgehead atoms. The number of nitrogens with zero attached hydrogens (tertiary/aromatic N) is 1. The highest BCUT2D eigenvalue weighted by Crippen LogP contribution is 2.35. The molecule has 3 rings (SSSR count). The quantitative estimate of drug-likeness (QED) is 0.897. The van der Waals surface area contributed by atoms with Crippen LogP contribution in [0.15, 0.2) is 36.2 Å². The fourth-order valence-electron chi connectivity index (χ4n) is 2.82. The monoisotopic (exact) mass is 296 g/mol. The molecule has 1 aromatic carbocycles. The number of aliphatic hydroxyl groups is 1. The van der Waals surface area contributed by atoms with Gasteiger partial charge in [-0.2, -0.15) is 0 Å². The molecule has 0 radical (unpaired) electrons. The maximum atomic E-state index is 11.0. The number of halogens is 1. The van der Waals surface area contributed by atoms with Gasteiger partial charge in [0, 0.05) is 12.1 Å². The number of benzene rings is 1. The van der Waals surface area contributed by atoms with Gasteiger partial charge in [0.15, 0.2) is 5.72 Å². The lowest BCUT2D eigenvalue weighted by Crippen LogP contribution is -2.43. The van der Waals surface area contributed by atoms with E-state index in [1.54, 1.807) is 0 Å². The summed E-state index contributed by atoms with van der Waals surface area (Å²) in [4.78, 5) is 2.06. The van der Waals surface area contributed by atoms with E-state index < -0.39 is 5.72 Å². The Balaban J connectivity index is 0.00000147. The Morgan fingerprint density at radius 2 is 2.10 bits per heavy atom. The van der Waals surface area contributed by atoms with Crippen LogP contribution in [0.2, 0.25) is 0 Å². The minimum atomic E-state index is -0.934. The van der Waals surface area contributed by atoms with Crippen molar-refractivity contribution in [1.29, 1.82) is 0 Å². The highest BCUT2D eigenvalue weighted by molar-refractivity contribution is 5.85. The summed E-state index contributed by atoms with van der Waals surface area (Å²) in [5.74, 6) is 1.90. The van der Waals surface area contributed by atoms with E-state index >= 15 is 0 Å². The van der Waals surface area contributed by atoms with Gasteiger partial charge in [0.2, 0.25) is 0 Å². The Labute approximate surface area is 125 Å². The lowest BCUT2D eigenvalue weighted by Gasteiger charge is -2.36. The average molecular weight is 297 g/mol. The molecule has 2 N–H and O–H groups in total. The zero-order valence-corrected chi connectivity index (χ0v) is 12.4. The number of allylic oxidation sites excluding steroid dienone is 1. The summed E-state index contributed by atoms with van der Waals surface area (Å²) in [5, 5.41) is 14.3. The summed E-state index contributed by atoms with van der Waals surface area (Å²) in [6.07, 6.45) is 4.33. The maximum absolute atomic E-state index is 11.0. The van der Waals surface area contributed by atoms with E-state index in [9.17, 15) is 5.11 Å². The van der Waals surface area contributed by atoms with Crippen LogP contribution >= 0.6 is 12.4 Å². The van der Waals surface area contributed by atoms with Crippen LogP contribution in [0.25, 0.3) is 0 Å². The molecular formula is C15H21ClN2O2. The predicted molar refractivity (Wildman–Crippen MR) is 80.8 cm³/mol. The van der Waals surface area contributed by atoms with Crippen molar-refractivity contribution in [1.82, 2.24) is 10.2 Å². The molecule has 0 saturated carbocycles. The lowest BCUT2D eigenvalue weighted by atomic mass is 10.0. The number of nitrogens with one attached hydrogen (secondary N) is 1. The van der Waals surface area contributed by atoms with Crippen LogP contribution in [-0.4, -0.2) is 29.7 Å². The van der Waals surface area contributed by atoms with Crippen molar-refractivity contribution in [2.75, 3.05) is 19.7 Å². The minimum absolute atomic E-state index is 0. The Kier molecular flexibility index (Phi) is 4.45. The molecule has 0 aliphatic carbocycles. The van der Waals surface area contributed by atoms with Crippen molar-refractivity contribution in [2.24, 2.45) is 0 Å². The number of hydrogen-bond acceptors (Lipinski definition) is 4. The van der Waals surface area contributed by atoms with Crippen molar-refractivity contribution in [3.8, 4) is 5.75 Å². The standard InChI is InChI=1S/C15H20N2O2.ClH/c1-2-19-13-8-6-12(7-9-13)15(18)11-16-14-5-3-4-10-17(14)15;/h5-9,16,18H,2-4,10-11H2,1H3;1H. The number of fused-ring (bicyclic) bond motifs is 1. The SMILES string of the molecule is CCOc1ccc(C2(O)CNC3=CCCCN32)cc1.Cl. The van der Waals surface area contributed by atoms with Gasteiger partial charge in [-0.15, -0.1) is 12.4 Å². The van der Waals surface area contributed by atoms with E-state index in [4.69, 9.17) is 4.74 Å². The van der Waals surface area contributed by atoms with Crippen molar-refractivity contribution >= 4 is 12.4 Å². The van der Waals surface area contributed by atoms with Gasteiger partial charge >= 0.3 is 0 Å². The van der Waals surface area contributed by atoms with Gasteiger partial charge in [-0.05, 0) is 38.0 Å². The van der Waals surface area contributed by atoms with Gasteiger partial charge in [0.1, 0.15) is 5.75 Å². The van der Waals surface area contributed by atoms with Crippen LogP contribution in [0, 0.1) is 0 Å². The summed E-state index contributed by atoms with van der Waals surface area (Å²) in [6.45, 7) is 4.05. The molecule has 1 unspecified atom stereocenters. The van der Waals surface area contributed by atoms with Crippen LogP contribution in [-0.2, 0) is 5.72 Å². The smallest absolute Gasteiger partial charge is 0.183 e. The lowest BCUT2D eigenvalue weighted by molar-refractivity contribution is -0.0677. The van der Waals surface area contributed by atoms with Gasteiger partial charge in [-0.25, -0.2) is 0 Å². The van der Waals surface area contributed by atoms with Gasteiger partial charge in [0.25, 0.3) is 0 Å². The fourth-order valence-corrected chi connectivity index (χ4v) is 2.82. The predicted octanol–water partition coefficient (Wildman–Crippen LogP) is 2.19. The first-order chi connectivity index (χ1) is 9.24. The first-order valence-electron chi connectivity index (χ1n) is 6.91. The van der Waals surface area contributed by atoms with Crippen molar-refractivity contribution < 1.29 is 9.84 Å². The summed E-state index contributed by atoms with van der Waals surface area (Å²) in [6, 6.07) is 7.74. The molecule has 2 aliphatic rings. The van der Waals surface area contributed by atoms with Crippen LogP contribution in [0.4, 0.5) is 0 Å². The molecular weight excluding hydrogens is 276 g/mol. The Bertz CT molecular complexity index is 489. The third-order valence-corrected chi connectivity index (χ3v) is 3.80. The highest BCUT2D eigenvalue weighted by Gasteiger charge is 2.43. The molecule has 0 aromatic heterocycles. The summed E-state index contributed by atoms with van der Waals surface area (Å²) < 4.78 is 5.44. The number of β-amino-alcohol motifs (C(OH)–C–C–N with tert-alkyl or cyclic N) is 1. The molecule has 2 aliphatic heterocycles. The summed E-state index contributed by atoms with van der Waals surface area (Å²) >= 11 is 0.